The number of para-hydroxylation sites is 1. The van der Waals surface area contributed by atoms with Crippen LogP contribution in [0.15, 0.2) is 29.1 Å². The lowest BCUT2D eigenvalue weighted by molar-refractivity contribution is 0.237. The van der Waals surface area contributed by atoms with Gasteiger partial charge in [-0.15, -0.1) is 0 Å². The first-order valence-corrected chi connectivity index (χ1v) is 7.99. The maximum atomic E-state index is 12.1. The summed E-state index contributed by atoms with van der Waals surface area (Å²) in [6, 6.07) is 6.43. The van der Waals surface area contributed by atoms with Crippen LogP contribution in [0.2, 0.25) is 0 Å². The van der Waals surface area contributed by atoms with Crippen LogP contribution >= 0.6 is 0 Å². The zero-order valence-electron chi connectivity index (χ0n) is 14.3. The summed E-state index contributed by atoms with van der Waals surface area (Å²) in [4.78, 5) is 38.6. The quantitative estimate of drug-likeness (QED) is 0.580. The average Bonchev–Trinajstić information content (AvgIpc) is 2.92. The Morgan fingerprint density at radius 3 is 2.68 bits per heavy atom. The van der Waals surface area contributed by atoms with Crippen LogP contribution in [-0.4, -0.2) is 26.0 Å². The summed E-state index contributed by atoms with van der Waals surface area (Å²) in [5.41, 5.74) is 2.25. The number of aromatic nitrogens is 4. The third-order valence-electron chi connectivity index (χ3n) is 3.98. The molecule has 1 unspecified atom stereocenters. The zero-order chi connectivity index (χ0) is 18.0. The molecule has 25 heavy (non-hydrogen) atoms. The number of nitrogens with one attached hydrogen (secondary N) is 4. The fraction of sp³-hybridized carbons (Fsp3) is 0.294. The number of H-pyrrole nitrogens is 2. The van der Waals surface area contributed by atoms with Crippen molar-refractivity contribution in [2.45, 2.75) is 33.4 Å². The van der Waals surface area contributed by atoms with Gasteiger partial charge < -0.3 is 20.6 Å². The van der Waals surface area contributed by atoms with Crippen molar-refractivity contribution in [3.05, 3.63) is 57.7 Å². The number of nitrogens with zero attached hydrogens (tertiary/aromatic N) is 2. The number of aromatic amines is 2. The third kappa shape index (κ3) is 3.68. The minimum atomic E-state index is -0.366. The first-order chi connectivity index (χ1) is 11.9. The van der Waals surface area contributed by atoms with Crippen LogP contribution in [0.5, 0.6) is 0 Å². The van der Waals surface area contributed by atoms with Crippen molar-refractivity contribution in [3.8, 4) is 0 Å². The van der Waals surface area contributed by atoms with E-state index in [9.17, 15) is 9.59 Å². The second-order valence-corrected chi connectivity index (χ2v) is 5.91. The van der Waals surface area contributed by atoms with Crippen LogP contribution in [0.1, 0.15) is 36.0 Å². The molecule has 0 aliphatic rings. The lowest BCUT2D eigenvalue weighted by Crippen LogP contribution is -2.37. The molecule has 0 saturated carbocycles. The van der Waals surface area contributed by atoms with Gasteiger partial charge in [0.05, 0.1) is 29.2 Å². The maximum absolute atomic E-state index is 12.1. The van der Waals surface area contributed by atoms with Crippen molar-refractivity contribution in [3.63, 3.8) is 0 Å². The van der Waals surface area contributed by atoms with E-state index in [1.807, 2.05) is 26.8 Å². The summed E-state index contributed by atoms with van der Waals surface area (Å²) in [6.07, 6.45) is 0. The Morgan fingerprint density at radius 1 is 1.20 bits per heavy atom. The minimum Gasteiger partial charge on any atom is -0.344 e. The monoisotopic (exact) mass is 340 g/mol. The zero-order valence-corrected chi connectivity index (χ0v) is 14.3. The van der Waals surface area contributed by atoms with Gasteiger partial charge in [-0.2, -0.15) is 0 Å². The van der Waals surface area contributed by atoms with E-state index in [0.717, 1.165) is 11.4 Å². The van der Waals surface area contributed by atoms with Crippen molar-refractivity contribution in [1.82, 2.24) is 30.6 Å². The predicted molar refractivity (Wildman–Crippen MR) is 94.2 cm³/mol. The van der Waals surface area contributed by atoms with Crippen molar-refractivity contribution >= 4 is 16.9 Å². The van der Waals surface area contributed by atoms with Gasteiger partial charge in [-0.25, -0.2) is 14.8 Å². The second kappa shape index (κ2) is 6.76. The number of benzene rings is 1. The highest BCUT2D eigenvalue weighted by Crippen LogP contribution is 2.11. The standard InChI is InChI=1S/C17H20N6O2/c1-9-10(2)20-15(19-9)11(3)21-17(25)18-8-14-22-13-7-5-4-6-12(13)16(24)23-14/h4-7,11H,8H2,1-3H3,(H,19,20)(H2,18,21,25)(H,22,23,24). The Bertz CT molecular complexity index is 955. The van der Waals surface area contributed by atoms with Gasteiger partial charge in [-0.05, 0) is 32.9 Å². The van der Waals surface area contributed by atoms with Gasteiger partial charge in [-0.1, -0.05) is 12.1 Å². The number of aryl methyl sites for hydroxylation is 2. The molecule has 0 saturated heterocycles. The number of hydrogen-bond donors (Lipinski definition) is 4. The number of carbonyl (C=O) groups excluding carboxylic acids is 1. The number of amides is 2. The highest BCUT2D eigenvalue weighted by atomic mass is 16.2. The second-order valence-electron chi connectivity index (χ2n) is 5.91. The lowest BCUT2D eigenvalue weighted by Gasteiger charge is -2.12. The third-order valence-corrected chi connectivity index (χ3v) is 3.98. The highest BCUT2D eigenvalue weighted by molar-refractivity contribution is 5.77. The summed E-state index contributed by atoms with van der Waals surface area (Å²) in [5, 5.41) is 6.00. The number of rotatable bonds is 4. The topological polar surface area (TPSA) is 116 Å². The van der Waals surface area contributed by atoms with E-state index in [-0.39, 0.29) is 24.2 Å². The molecule has 2 aromatic heterocycles. The molecule has 1 atom stereocenters. The number of urea groups is 1. The number of fused-ring (bicyclic) bond motifs is 1. The number of hydrogen-bond acceptors (Lipinski definition) is 4. The summed E-state index contributed by atoms with van der Waals surface area (Å²) >= 11 is 0. The fourth-order valence-electron chi connectivity index (χ4n) is 2.48. The number of carbonyl (C=O) groups is 1. The van der Waals surface area contributed by atoms with E-state index in [1.165, 1.54) is 0 Å². The van der Waals surface area contributed by atoms with Crippen LogP contribution in [0.3, 0.4) is 0 Å². The van der Waals surface area contributed by atoms with Crippen molar-refractivity contribution in [2.24, 2.45) is 0 Å². The minimum absolute atomic E-state index is 0.120. The van der Waals surface area contributed by atoms with Crippen LogP contribution in [-0.2, 0) is 6.54 Å². The molecule has 130 valence electrons. The Morgan fingerprint density at radius 2 is 1.96 bits per heavy atom. The summed E-state index contributed by atoms with van der Waals surface area (Å²) in [5.74, 6) is 1.10. The van der Waals surface area contributed by atoms with Gasteiger partial charge in [0, 0.05) is 5.69 Å². The molecule has 3 aromatic rings. The first-order valence-electron chi connectivity index (χ1n) is 7.99. The smallest absolute Gasteiger partial charge is 0.315 e. The molecular formula is C17H20N6O2. The molecule has 0 radical (unpaired) electrons. The van der Waals surface area contributed by atoms with Gasteiger partial charge in [0.15, 0.2) is 0 Å². The SMILES string of the molecule is Cc1nc(C(C)NC(=O)NCc2nc3ccccc3c(=O)[nH]2)[nH]c1C. The molecule has 0 bridgehead atoms. The molecule has 2 heterocycles. The van der Waals surface area contributed by atoms with Crippen LogP contribution in [0, 0.1) is 13.8 Å². The largest absolute Gasteiger partial charge is 0.344 e. The normalized spacial score (nSPS) is 12.1. The first kappa shape index (κ1) is 16.7. The van der Waals surface area contributed by atoms with E-state index < -0.39 is 0 Å². The Balaban J connectivity index is 1.63. The van der Waals surface area contributed by atoms with E-state index in [2.05, 4.69) is 30.6 Å². The molecule has 4 N–H and O–H groups in total. The van der Waals surface area contributed by atoms with E-state index >= 15 is 0 Å². The van der Waals surface area contributed by atoms with Crippen LogP contribution in [0.25, 0.3) is 10.9 Å². The van der Waals surface area contributed by atoms with Gasteiger partial charge in [0.2, 0.25) is 0 Å². The Kier molecular flexibility index (Phi) is 4.51. The fourth-order valence-corrected chi connectivity index (χ4v) is 2.48. The van der Waals surface area contributed by atoms with E-state index in [1.54, 1.807) is 18.2 Å². The molecule has 0 aliphatic carbocycles. The maximum Gasteiger partial charge on any atom is 0.315 e. The molecule has 3 rings (SSSR count). The molecule has 8 heteroatoms. The Hall–Kier alpha value is -3.16. The number of imidazole rings is 1. The van der Waals surface area contributed by atoms with Crippen LogP contribution < -0.4 is 16.2 Å². The average molecular weight is 340 g/mol. The summed E-state index contributed by atoms with van der Waals surface area (Å²) in [7, 11) is 0. The molecule has 2 amide bonds. The summed E-state index contributed by atoms with van der Waals surface area (Å²) in [6.45, 7) is 5.80. The summed E-state index contributed by atoms with van der Waals surface area (Å²) < 4.78 is 0. The molecular weight excluding hydrogens is 320 g/mol. The van der Waals surface area contributed by atoms with Crippen molar-refractivity contribution in [2.75, 3.05) is 0 Å². The van der Waals surface area contributed by atoms with Gasteiger partial charge >= 0.3 is 6.03 Å². The lowest BCUT2D eigenvalue weighted by atomic mass is 10.2. The van der Waals surface area contributed by atoms with Gasteiger partial charge in [0.25, 0.3) is 5.56 Å². The van der Waals surface area contributed by atoms with Crippen molar-refractivity contribution in [1.29, 1.82) is 0 Å². The Labute approximate surface area is 144 Å². The molecule has 0 aliphatic heterocycles. The van der Waals surface area contributed by atoms with E-state index in [0.29, 0.717) is 22.6 Å². The van der Waals surface area contributed by atoms with Gasteiger partial charge in [0.1, 0.15) is 11.6 Å². The molecule has 0 fully saturated rings. The molecule has 1 aromatic carbocycles. The van der Waals surface area contributed by atoms with Gasteiger partial charge in [-0.3, -0.25) is 4.79 Å². The molecule has 0 spiro atoms. The predicted octanol–water partition coefficient (Wildman–Crippen LogP) is 1.82. The van der Waals surface area contributed by atoms with Crippen molar-refractivity contribution < 1.29 is 4.79 Å². The highest BCUT2D eigenvalue weighted by Gasteiger charge is 2.14. The van der Waals surface area contributed by atoms with E-state index in [4.69, 9.17) is 0 Å². The molecule has 8 nitrogen and oxygen atoms in total. The van der Waals surface area contributed by atoms with Crippen LogP contribution in [0.4, 0.5) is 4.79 Å².